The van der Waals surface area contributed by atoms with E-state index in [1.807, 2.05) is 49.9 Å². The van der Waals surface area contributed by atoms with Crippen molar-refractivity contribution >= 4 is 17.8 Å². The third-order valence-electron chi connectivity index (χ3n) is 5.51. The van der Waals surface area contributed by atoms with Crippen molar-refractivity contribution in [1.29, 1.82) is 0 Å². The van der Waals surface area contributed by atoms with Crippen LogP contribution in [0.3, 0.4) is 0 Å². The Bertz CT molecular complexity index is 825. The van der Waals surface area contributed by atoms with Crippen LogP contribution in [-0.2, 0) is 9.59 Å². The quantitative estimate of drug-likeness (QED) is 0.767. The van der Waals surface area contributed by atoms with Gasteiger partial charge in [0.25, 0.3) is 5.91 Å². The van der Waals surface area contributed by atoms with Crippen LogP contribution in [0, 0.1) is 6.92 Å². The summed E-state index contributed by atoms with van der Waals surface area (Å²) in [5.41, 5.74) is 3.21. The van der Waals surface area contributed by atoms with Crippen molar-refractivity contribution in [1.82, 2.24) is 20.0 Å². The number of nitrogens with zero attached hydrogens (tertiary/aromatic N) is 3. The van der Waals surface area contributed by atoms with Crippen LogP contribution in [0.25, 0.3) is 0 Å². The van der Waals surface area contributed by atoms with Gasteiger partial charge in [-0.3, -0.25) is 14.5 Å². The molecule has 1 atom stereocenters. The van der Waals surface area contributed by atoms with E-state index < -0.39 is 6.04 Å². The average Bonchev–Trinajstić information content (AvgIpc) is 3.02. The Morgan fingerprint density at radius 2 is 1.76 bits per heavy atom. The number of aryl methyl sites for hydroxylation is 1. The molecule has 0 spiro atoms. The molecule has 1 aromatic rings. The number of urea groups is 1. The summed E-state index contributed by atoms with van der Waals surface area (Å²) < 4.78 is 0. The lowest BCUT2D eigenvalue weighted by atomic mass is 9.95. The van der Waals surface area contributed by atoms with Crippen LogP contribution >= 0.6 is 0 Å². The van der Waals surface area contributed by atoms with Crippen molar-refractivity contribution in [3.8, 4) is 0 Å². The molecule has 29 heavy (non-hydrogen) atoms. The van der Waals surface area contributed by atoms with Crippen LogP contribution in [0.15, 0.2) is 35.5 Å². The van der Waals surface area contributed by atoms with E-state index in [4.69, 9.17) is 0 Å². The SMILES string of the molecule is CCCN(CCC)C(=O)CN1CC2=C(C1=O)[C@H](c1ccc(C)cc1)NC(=O)N2C. The summed E-state index contributed by atoms with van der Waals surface area (Å²) in [4.78, 5) is 43.4. The van der Waals surface area contributed by atoms with Gasteiger partial charge in [-0.1, -0.05) is 43.7 Å². The fourth-order valence-corrected chi connectivity index (χ4v) is 3.92. The molecular weight excluding hydrogens is 368 g/mol. The second kappa shape index (κ2) is 8.68. The molecule has 0 saturated carbocycles. The van der Waals surface area contributed by atoms with Crippen LogP contribution < -0.4 is 5.32 Å². The Kier molecular flexibility index (Phi) is 6.25. The van der Waals surface area contributed by atoms with Crippen LogP contribution in [0.5, 0.6) is 0 Å². The second-order valence-corrected chi connectivity index (χ2v) is 7.75. The lowest BCUT2D eigenvalue weighted by Gasteiger charge is -2.31. The summed E-state index contributed by atoms with van der Waals surface area (Å²) in [5.74, 6) is -0.227. The minimum absolute atomic E-state index is 0.0362. The highest BCUT2D eigenvalue weighted by Crippen LogP contribution is 2.35. The first-order valence-corrected chi connectivity index (χ1v) is 10.3. The molecule has 0 unspecified atom stereocenters. The van der Waals surface area contributed by atoms with Crippen molar-refractivity contribution in [2.75, 3.05) is 33.2 Å². The first-order chi connectivity index (χ1) is 13.9. The number of rotatable bonds is 7. The number of carbonyl (C=O) groups is 3. The molecule has 0 radical (unpaired) electrons. The lowest BCUT2D eigenvalue weighted by molar-refractivity contribution is -0.137. The molecule has 1 N–H and O–H groups in total. The highest BCUT2D eigenvalue weighted by molar-refractivity contribution is 6.02. The largest absolute Gasteiger partial charge is 0.341 e. The Morgan fingerprint density at radius 1 is 1.14 bits per heavy atom. The predicted octanol–water partition coefficient (Wildman–Crippen LogP) is 2.44. The fraction of sp³-hybridized carbons (Fsp3) is 0.500. The molecule has 1 aromatic carbocycles. The van der Waals surface area contributed by atoms with Gasteiger partial charge in [-0.25, -0.2) is 4.79 Å². The number of carbonyl (C=O) groups excluding carboxylic acids is 3. The van der Waals surface area contributed by atoms with Crippen molar-refractivity contribution < 1.29 is 14.4 Å². The van der Waals surface area contributed by atoms with Gasteiger partial charge >= 0.3 is 6.03 Å². The summed E-state index contributed by atoms with van der Waals surface area (Å²) in [5, 5.41) is 2.93. The molecule has 3 rings (SSSR count). The molecule has 0 bridgehead atoms. The molecule has 0 saturated heterocycles. The second-order valence-electron chi connectivity index (χ2n) is 7.75. The Hall–Kier alpha value is -2.83. The summed E-state index contributed by atoms with van der Waals surface area (Å²) in [6, 6.07) is 7.06. The summed E-state index contributed by atoms with van der Waals surface area (Å²) in [7, 11) is 1.66. The maximum atomic E-state index is 13.2. The van der Waals surface area contributed by atoms with Gasteiger partial charge in [-0.2, -0.15) is 0 Å². The Morgan fingerprint density at radius 3 is 2.34 bits per heavy atom. The molecule has 2 aliphatic heterocycles. The third-order valence-corrected chi connectivity index (χ3v) is 5.51. The smallest absolute Gasteiger partial charge is 0.322 e. The van der Waals surface area contributed by atoms with Gasteiger partial charge in [0.1, 0.15) is 6.54 Å². The maximum absolute atomic E-state index is 13.2. The fourth-order valence-electron chi connectivity index (χ4n) is 3.92. The van der Waals surface area contributed by atoms with E-state index in [9.17, 15) is 14.4 Å². The van der Waals surface area contributed by atoms with Gasteiger partial charge in [0.05, 0.1) is 23.9 Å². The topological polar surface area (TPSA) is 73.0 Å². The minimum Gasteiger partial charge on any atom is -0.341 e. The van der Waals surface area contributed by atoms with Crippen LogP contribution in [0.2, 0.25) is 0 Å². The Balaban J connectivity index is 1.84. The maximum Gasteiger partial charge on any atom is 0.322 e. The van der Waals surface area contributed by atoms with E-state index in [2.05, 4.69) is 5.32 Å². The van der Waals surface area contributed by atoms with E-state index in [-0.39, 0.29) is 30.9 Å². The molecule has 7 nitrogen and oxygen atoms in total. The van der Waals surface area contributed by atoms with E-state index >= 15 is 0 Å². The van der Waals surface area contributed by atoms with E-state index in [1.165, 1.54) is 4.90 Å². The first kappa shape index (κ1) is 20.9. The number of amides is 4. The van der Waals surface area contributed by atoms with Crippen molar-refractivity contribution in [2.24, 2.45) is 0 Å². The predicted molar refractivity (Wildman–Crippen MR) is 111 cm³/mol. The molecule has 7 heteroatoms. The Labute approximate surface area is 172 Å². The molecule has 0 aliphatic carbocycles. The first-order valence-electron chi connectivity index (χ1n) is 10.3. The number of hydrogen-bond donors (Lipinski definition) is 1. The van der Waals surface area contributed by atoms with E-state index in [1.54, 1.807) is 11.9 Å². The zero-order chi connectivity index (χ0) is 21.1. The molecule has 0 fully saturated rings. The highest BCUT2D eigenvalue weighted by atomic mass is 16.2. The monoisotopic (exact) mass is 398 g/mol. The number of nitrogens with one attached hydrogen (secondary N) is 1. The standard InChI is InChI=1S/C22H30N4O3/c1-5-11-25(12-6-2)18(27)14-26-13-17-19(21(26)28)20(23-22(29)24(17)4)16-9-7-15(3)8-10-16/h7-10,20H,5-6,11-14H2,1-4H3,(H,23,29)/t20-/m0/s1. The summed E-state index contributed by atoms with van der Waals surface area (Å²) in [6.07, 6.45) is 1.76. The van der Waals surface area contributed by atoms with Crippen molar-refractivity contribution in [3.63, 3.8) is 0 Å². The number of hydrogen-bond acceptors (Lipinski definition) is 3. The molecule has 2 aliphatic rings. The minimum atomic E-state index is -0.496. The lowest BCUT2D eigenvalue weighted by Crippen LogP contribution is -2.45. The summed E-state index contributed by atoms with van der Waals surface area (Å²) in [6.45, 7) is 7.76. The third kappa shape index (κ3) is 4.13. The molecule has 156 valence electrons. The van der Waals surface area contributed by atoms with E-state index in [0.717, 1.165) is 24.0 Å². The zero-order valence-electron chi connectivity index (χ0n) is 17.7. The number of likely N-dealkylation sites (N-methyl/N-ethyl adjacent to an activating group) is 1. The van der Waals surface area contributed by atoms with Crippen LogP contribution in [0.4, 0.5) is 4.79 Å². The van der Waals surface area contributed by atoms with Gasteiger partial charge in [-0.15, -0.1) is 0 Å². The average molecular weight is 399 g/mol. The normalized spacial score (nSPS) is 18.8. The van der Waals surface area contributed by atoms with Gasteiger partial charge in [-0.05, 0) is 25.3 Å². The van der Waals surface area contributed by atoms with Crippen molar-refractivity contribution in [2.45, 2.75) is 39.7 Å². The van der Waals surface area contributed by atoms with Gasteiger partial charge in [0.2, 0.25) is 5.91 Å². The summed E-state index contributed by atoms with van der Waals surface area (Å²) >= 11 is 0. The highest BCUT2D eigenvalue weighted by Gasteiger charge is 2.43. The molecule has 4 amide bonds. The molecule has 0 aromatic heterocycles. The van der Waals surface area contributed by atoms with Gasteiger partial charge < -0.3 is 15.1 Å². The van der Waals surface area contributed by atoms with Gasteiger partial charge in [0.15, 0.2) is 0 Å². The van der Waals surface area contributed by atoms with Crippen molar-refractivity contribution in [3.05, 3.63) is 46.7 Å². The molecular formula is C22H30N4O3. The van der Waals surface area contributed by atoms with Crippen LogP contribution in [-0.4, -0.2) is 65.8 Å². The molecule has 2 heterocycles. The number of benzene rings is 1. The zero-order valence-corrected chi connectivity index (χ0v) is 17.7. The van der Waals surface area contributed by atoms with Gasteiger partial charge in [0, 0.05) is 20.1 Å². The van der Waals surface area contributed by atoms with E-state index in [0.29, 0.717) is 24.4 Å². The van der Waals surface area contributed by atoms with Crippen LogP contribution in [0.1, 0.15) is 43.9 Å².